The van der Waals surface area contributed by atoms with Crippen molar-refractivity contribution in [2.75, 3.05) is 0 Å². The smallest absolute Gasteiger partial charge is 0.282 e. The predicted octanol–water partition coefficient (Wildman–Crippen LogP) is 3.21. The highest BCUT2D eigenvalue weighted by Crippen LogP contribution is 2.30. The van der Waals surface area contributed by atoms with Gasteiger partial charge < -0.3 is 0 Å². The zero-order valence-electron chi connectivity index (χ0n) is 7.08. The maximum Gasteiger partial charge on any atom is 0.282 e. The Morgan fingerprint density at radius 3 is 2.57 bits per heavy atom. The van der Waals surface area contributed by atoms with Crippen molar-refractivity contribution in [1.82, 2.24) is 0 Å². The molecule has 0 bridgehead atoms. The molecule has 0 atom stereocenters. The molecule has 1 rings (SSSR count). The van der Waals surface area contributed by atoms with Crippen LogP contribution in [-0.4, -0.2) is 10.7 Å². The molecule has 0 saturated carbocycles. The average molecular weight is 278 g/mol. The summed E-state index contributed by atoms with van der Waals surface area (Å²) in [6.45, 7) is 1.24. The molecular weight excluding hydrogens is 273 g/mol. The third-order valence-corrected chi connectivity index (χ3v) is 2.34. The highest BCUT2D eigenvalue weighted by molar-refractivity contribution is 9.10. The summed E-state index contributed by atoms with van der Waals surface area (Å²) < 4.78 is 0.471. The van der Waals surface area contributed by atoms with E-state index >= 15 is 0 Å². The molecule has 1 aromatic rings. The summed E-state index contributed by atoms with van der Waals surface area (Å²) in [7, 11) is 0. The van der Waals surface area contributed by atoms with E-state index in [2.05, 4.69) is 15.9 Å². The molecule has 0 aliphatic heterocycles. The Morgan fingerprint density at radius 2 is 2.14 bits per heavy atom. The molecule has 4 nitrogen and oxygen atoms in total. The lowest BCUT2D eigenvalue weighted by molar-refractivity contribution is -0.385. The van der Waals surface area contributed by atoms with E-state index in [0.29, 0.717) is 4.47 Å². The van der Waals surface area contributed by atoms with Crippen molar-refractivity contribution in [2.45, 2.75) is 6.92 Å². The number of benzene rings is 1. The topological polar surface area (TPSA) is 60.2 Å². The lowest BCUT2D eigenvalue weighted by Gasteiger charge is -2.02. The predicted molar refractivity (Wildman–Crippen MR) is 55.8 cm³/mol. The van der Waals surface area contributed by atoms with Crippen molar-refractivity contribution in [3.8, 4) is 0 Å². The number of nitrogens with zero attached hydrogens (tertiary/aromatic N) is 1. The van der Waals surface area contributed by atoms with Crippen molar-refractivity contribution in [3.05, 3.63) is 37.3 Å². The van der Waals surface area contributed by atoms with Gasteiger partial charge in [0.05, 0.1) is 9.95 Å². The zero-order chi connectivity index (χ0) is 10.9. The van der Waals surface area contributed by atoms with Crippen molar-refractivity contribution in [3.63, 3.8) is 0 Å². The summed E-state index contributed by atoms with van der Waals surface area (Å²) >= 11 is 8.78. The number of carbonyl (C=O) groups is 1. The van der Waals surface area contributed by atoms with E-state index in [-0.39, 0.29) is 16.3 Å². The van der Waals surface area contributed by atoms with Crippen LogP contribution < -0.4 is 0 Å². The van der Waals surface area contributed by atoms with Crippen LogP contribution in [0.1, 0.15) is 17.3 Å². The Kier molecular flexibility index (Phi) is 3.23. The molecule has 6 heteroatoms. The number of nitro benzene ring substituents is 1. The molecule has 14 heavy (non-hydrogen) atoms. The van der Waals surface area contributed by atoms with E-state index in [0.717, 1.165) is 0 Å². The molecular formula is C8H5BrClNO3. The van der Waals surface area contributed by atoms with Gasteiger partial charge in [-0.15, -0.1) is 0 Å². The molecule has 0 amide bonds. The standard InChI is InChI=1S/C8H5BrClNO3/c1-4(12)8-6(10)2-5(9)3-7(8)11(13)14/h2-3H,1H3. The number of carbonyl (C=O) groups excluding carboxylic acids is 1. The minimum atomic E-state index is -0.632. The van der Waals surface area contributed by atoms with Crippen LogP contribution in [0.3, 0.4) is 0 Å². The van der Waals surface area contributed by atoms with E-state index in [1.54, 1.807) is 0 Å². The fourth-order valence-electron chi connectivity index (χ4n) is 1.05. The molecule has 0 unspecified atom stereocenters. The number of rotatable bonds is 2. The van der Waals surface area contributed by atoms with Crippen molar-refractivity contribution < 1.29 is 9.72 Å². The van der Waals surface area contributed by atoms with E-state index in [4.69, 9.17) is 11.6 Å². The first kappa shape index (κ1) is 11.1. The Labute approximate surface area is 93.1 Å². The van der Waals surface area contributed by atoms with Crippen LogP contribution in [0.15, 0.2) is 16.6 Å². The lowest BCUT2D eigenvalue weighted by Crippen LogP contribution is -2.01. The van der Waals surface area contributed by atoms with Crippen LogP contribution in [0, 0.1) is 10.1 Å². The number of hydrogen-bond acceptors (Lipinski definition) is 3. The first-order valence-electron chi connectivity index (χ1n) is 3.58. The minimum absolute atomic E-state index is 0.0557. The monoisotopic (exact) mass is 277 g/mol. The molecule has 0 aliphatic carbocycles. The Balaban J connectivity index is 3.52. The van der Waals surface area contributed by atoms with Gasteiger partial charge in [-0.2, -0.15) is 0 Å². The van der Waals surface area contributed by atoms with Crippen molar-refractivity contribution in [2.24, 2.45) is 0 Å². The molecule has 1 aromatic carbocycles. The molecule has 0 N–H and O–H groups in total. The Hall–Kier alpha value is -0.940. The molecule has 0 aliphatic rings. The summed E-state index contributed by atoms with van der Waals surface area (Å²) in [6.07, 6.45) is 0. The number of nitro groups is 1. The highest BCUT2D eigenvalue weighted by atomic mass is 79.9. The molecule has 0 heterocycles. The second kappa shape index (κ2) is 4.06. The SMILES string of the molecule is CC(=O)c1c(Cl)cc(Br)cc1[N+](=O)[O-]. The van der Waals surface area contributed by atoms with Crippen LogP contribution >= 0.6 is 27.5 Å². The summed E-state index contributed by atoms with van der Waals surface area (Å²) in [6, 6.07) is 2.70. The second-order valence-corrected chi connectivity index (χ2v) is 3.92. The van der Waals surface area contributed by atoms with E-state index in [1.165, 1.54) is 19.1 Å². The maximum atomic E-state index is 11.1. The van der Waals surface area contributed by atoms with Gasteiger partial charge in [0.1, 0.15) is 5.56 Å². The van der Waals surface area contributed by atoms with Gasteiger partial charge in [-0.1, -0.05) is 27.5 Å². The molecule has 0 radical (unpaired) electrons. The van der Waals surface area contributed by atoms with E-state index in [9.17, 15) is 14.9 Å². The third-order valence-electron chi connectivity index (χ3n) is 1.58. The lowest BCUT2D eigenvalue weighted by atomic mass is 10.1. The van der Waals surface area contributed by atoms with Gasteiger partial charge in [0, 0.05) is 10.5 Å². The van der Waals surface area contributed by atoms with Crippen molar-refractivity contribution in [1.29, 1.82) is 0 Å². The maximum absolute atomic E-state index is 11.1. The van der Waals surface area contributed by atoms with Crippen LogP contribution in [-0.2, 0) is 0 Å². The summed E-state index contributed by atoms with van der Waals surface area (Å²) in [4.78, 5) is 21.1. The summed E-state index contributed by atoms with van der Waals surface area (Å²) in [5.41, 5.74) is -0.336. The third kappa shape index (κ3) is 2.10. The van der Waals surface area contributed by atoms with Crippen LogP contribution in [0.25, 0.3) is 0 Å². The number of hydrogen-bond donors (Lipinski definition) is 0. The van der Waals surface area contributed by atoms with Crippen LogP contribution in [0.2, 0.25) is 5.02 Å². The number of halogens is 2. The Bertz CT molecular complexity index is 419. The van der Waals surface area contributed by atoms with Crippen LogP contribution in [0.5, 0.6) is 0 Å². The molecule has 0 fully saturated rings. The molecule has 0 spiro atoms. The van der Waals surface area contributed by atoms with Gasteiger partial charge in [0.25, 0.3) is 5.69 Å². The first-order chi connectivity index (χ1) is 6.43. The van der Waals surface area contributed by atoms with Gasteiger partial charge in [-0.25, -0.2) is 0 Å². The quantitative estimate of drug-likeness (QED) is 0.474. The average Bonchev–Trinajstić information content (AvgIpc) is 2.01. The van der Waals surface area contributed by atoms with Gasteiger partial charge in [0.15, 0.2) is 5.78 Å². The highest BCUT2D eigenvalue weighted by Gasteiger charge is 2.21. The summed E-state index contributed by atoms with van der Waals surface area (Å²) in [5, 5.41) is 10.7. The van der Waals surface area contributed by atoms with Gasteiger partial charge in [0.2, 0.25) is 0 Å². The zero-order valence-corrected chi connectivity index (χ0v) is 9.42. The normalized spacial score (nSPS) is 9.93. The van der Waals surface area contributed by atoms with Gasteiger partial charge in [-0.05, 0) is 13.0 Å². The fourth-order valence-corrected chi connectivity index (χ4v) is 1.98. The van der Waals surface area contributed by atoms with Crippen molar-refractivity contribution >= 4 is 39.0 Å². The number of ketones is 1. The molecule has 0 saturated heterocycles. The number of Topliss-reactive ketones (excluding diaryl/α,β-unsaturated/α-hetero) is 1. The van der Waals surface area contributed by atoms with E-state index < -0.39 is 10.7 Å². The molecule has 74 valence electrons. The fraction of sp³-hybridized carbons (Fsp3) is 0.125. The van der Waals surface area contributed by atoms with Gasteiger partial charge >= 0.3 is 0 Å². The van der Waals surface area contributed by atoms with Gasteiger partial charge in [-0.3, -0.25) is 14.9 Å². The molecule has 0 aromatic heterocycles. The van der Waals surface area contributed by atoms with E-state index in [1.807, 2.05) is 0 Å². The van der Waals surface area contributed by atoms with Crippen LogP contribution in [0.4, 0.5) is 5.69 Å². The Morgan fingerprint density at radius 1 is 1.57 bits per heavy atom. The largest absolute Gasteiger partial charge is 0.294 e. The summed E-state index contributed by atoms with van der Waals surface area (Å²) in [5.74, 6) is -0.422. The second-order valence-electron chi connectivity index (χ2n) is 2.60. The first-order valence-corrected chi connectivity index (χ1v) is 4.75. The minimum Gasteiger partial charge on any atom is -0.294 e.